The van der Waals surface area contributed by atoms with Gasteiger partial charge in [-0.2, -0.15) is 0 Å². The first kappa shape index (κ1) is 29.0. The fourth-order valence-electron chi connectivity index (χ4n) is 7.24. The molecular weight excluding hydrogens is 623 g/mol. The Kier molecular flexibility index (Phi) is 6.78. The Morgan fingerprint density at radius 3 is 1.59 bits per heavy atom. The van der Waals surface area contributed by atoms with Crippen LogP contribution in [-0.2, 0) is 0 Å². The van der Waals surface area contributed by atoms with Gasteiger partial charge >= 0.3 is 0 Å². The predicted octanol–water partition coefficient (Wildman–Crippen LogP) is 12.4. The summed E-state index contributed by atoms with van der Waals surface area (Å²) in [6.45, 7) is 0. The number of rotatable bonds is 5. The summed E-state index contributed by atoms with van der Waals surface area (Å²) < 4.78 is 6.88. The molecule has 0 aliphatic heterocycles. The second-order valence-corrected chi connectivity index (χ2v) is 12.8. The van der Waals surface area contributed by atoms with E-state index in [1.165, 1.54) is 16.3 Å². The van der Waals surface area contributed by atoms with Crippen molar-refractivity contribution in [2.45, 2.75) is 0 Å². The lowest BCUT2D eigenvalue weighted by atomic mass is 9.93. The van der Waals surface area contributed by atoms with Crippen LogP contribution in [0.2, 0.25) is 0 Å². The highest BCUT2D eigenvalue weighted by atomic mass is 16.3. The molecule has 0 aliphatic carbocycles. The molecule has 0 amide bonds. The average Bonchev–Trinajstić information content (AvgIpc) is 3.58. The Morgan fingerprint density at radius 1 is 0.333 bits per heavy atom. The van der Waals surface area contributed by atoms with E-state index in [1.807, 2.05) is 60.7 Å². The minimum Gasteiger partial charge on any atom is -0.455 e. The molecule has 8 aromatic carbocycles. The van der Waals surface area contributed by atoms with Gasteiger partial charge in [-0.3, -0.25) is 0 Å². The average molecular weight is 652 g/mol. The highest BCUT2D eigenvalue weighted by molar-refractivity contribution is 6.18. The monoisotopic (exact) mass is 651 g/mol. The minimum absolute atomic E-state index is 0.597. The summed E-state index contributed by atoms with van der Waals surface area (Å²) in [4.78, 5) is 15.2. The maximum Gasteiger partial charge on any atom is 0.164 e. The Bertz CT molecular complexity index is 2850. The fourth-order valence-corrected chi connectivity index (χ4v) is 7.24. The van der Waals surface area contributed by atoms with Crippen molar-refractivity contribution in [2.75, 3.05) is 0 Å². The van der Waals surface area contributed by atoms with Crippen molar-refractivity contribution in [3.05, 3.63) is 176 Å². The van der Waals surface area contributed by atoms with E-state index in [2.05, 4.69) is 115 Å². The third-order valence-corrected chi connectivity index (χ3v) is 9.70. The van der Waals surface area contributed by atoms with Crippen LogP contribution in [0.1, 0.15) is 0 Å². The van der Waals surface area contributed by atoms with Gasteiger partial charge in [0.05, 0.1) is 0 Å². The summed E-state index contributed by atoms with van der Waals surface area (Å²) in [5.74, 6) is 1.84. The first-order chi connectivity index (χ1) is 25.3. The molecule has 0 aliphatic rings. The van der Waals surface area contributed by atoms with Crippen molar-refractivity contribution >= 4 is 43.5 Å². The normalized spacial score (nSPS) is 11.5. The highest BCUT2D eigenvalue weighted by Gasteiger charge is 2.21. The first-order valence-electron chi connectivity index (χ1n) is 17.1. The van der Waals surface area contributed by atoms with Crippen LogP contribution >= 0.6 is 0 Å². The second kappa shape index (κ2) is 11.9. The molecule has 4 heteroatoms. The Balaban J connectivity index is 1.24. The van der Waals surface area contributed by atoms with Crippen LogP contribution in [0.4, 0.5) is 0 Å². The third-order valence-electron chi connectivity index (χ3n) is 9.70. The van der Waals surface area contributed by atoms with Gasteiger partial charge in [-0.05, 0) is 68.6 Å². The van der Waals surface area contributed by atoms with Gasteiger partial charge in [0.15, 0.2) is 17.5 Å². The lowest BCUT2D eigenvalue weighted by Gasteiger charge is -2.12. The lowest BCUT2D eigenvalue weighted by Crippen LogP contribution is -2.00. The Morgan fingerprint density at radius 2 is 0.863 bits per heavy atom. The number of benzene rings is 8. The highest BCUT2D eigenvalue weighted by Crippen LogP contribution is 2.43. The molecule has 238 valence electrons. The largest absolute Gasteiger partial charge is 0.455 e. The molecule has 0 saturated carbocycles. The van der Waals surface area contributed by atoms with Crippen molar-refractivity contribution in [3.63, 3.8) is 0 Å². The number of nitrogens with zero attached hydrogens (tertiary/aromatic N) is 3. The zero-order valence-corrected chi connectivity index (χ0v) is 27.5. The second-order valence-electron chi connectivity index (χ2n) is 12.8. The number of fused-ring (bicyclic) bond motifs is 5. The van der Waals surface area contributed by atoms with Gasteiger partial charge in [-0.1, -0.05) is 146 Å². The standard InChI is InChI=1S/C47H29N3O/c1-3-14-31(15-4-1)45-48-46(32-16-5-2-6-17-32)50-47(49-45)40-26-25-39(44-43(40)41-28-33-18-7-8-19-34(33)29-42(41)51-44)36-22-11-21-35(27-36)38-24-12-20-30-13-9-10-23-37(30)38/h1-29H. The van der Waals surface area contributed by atoms with Gasteiger partial charge in [-0.25, -0.2) is 15.0 Å². The molecule has 0 saturated heterocycles. The lowest BCUT2D eigenvalue weighted by molar-refractivity contribution is 0.670. The van der Waals surface area contributed by atoms with Crippen LogP contribution < -0.4 is 0 Å². The SMILES string of the molecule is c1ccc(-c2nc(-c3ccccc3)nc(-c3ccc(-c4cccc(-c5cccc6ccccc56)c4)c4oc5cc6ccccc6cc5c34)n2)cc1. The molecule has 51 heavy (non-hydrogen) atoms. The van der Waals surface area contributed by atoms with E-state index in [1.54, 1.807) is 0 Å². The first-order valence-corrected chi connectivity index (χ1v) is 17.1. The van der Waals surface area contributed by atoms with Crippen molar-refractivity contribution in [2.24, 2.45) is 0 Å². The molecule has 2 aromatic heterocycles. The third kappa shape index (κ3) is 5.04. The smallest absolute Gasteiger partial charge is 0.164 e. The molecule has 0 spiro atoms. The number of hydrogen-bond donors (Lipinski definition) is 0. The van der Waals surface area contributed by atoms with E-state index in [0.717, 1.165) is 66.1 Å². The van der Waals surface area contributed by atoms with Crippen molar-refractivity contribution in [3.8, 4) is 56.4 Å². The van der Waals surface area contributed by atoms with Gasteiger partial charge in [0.2, 0.25) is 0 Å². The molecule has 0 N–H and O–H groups in total. The van der Waals surface area contributed by atoms with E-state index in [4.69, 9.17) is 19.4 Å². The van der Waals surface area contributed by atoms with Gasteiger partial charge in [-0.15, -0.1) is 0 Å². The van der Waals surface area contributed by atoms with Crippen LogP contribution in [0.5, 0.6) is 0 Å². The Labute approximate surface area is 294 Å². The van der Waals surface area contributed by atoms with Crippen molar-refractivity contribution < 1.29 is 4.42 Å². The van der Waals surface area contributed by atoms with E-state index in [0.29, 0.717) is 17.5 Å². The molecule has 0 bridgehead atoms. The molecule has 4 nitrogen and oxygen atoms in total. The van der Waals surface area contributed by atoms with E-state index < -0.39 is 0 Å². The van der Waals surface area contributed by atoms with Crippen molar-refractivity contribution in [1.82, 2.24) is 15.0 Å². The summed E-state index contributed by atoms with van der Waals surface area (Å²) in [5.41, 5.74) is 8.82. The van der Waals surface area contributed by atoms with Crippen molar-refractivity contribution in [1.29, 1.82) is 0 Å². The van der Waals surface area contributed by atoms with Gasteiger partial charge in [0, 0.05) is 33.0 Å². The van der Waals surface area contributed by atoms with Crippen LogP contribution in [-0.4, -0.2) is 15.0 Å². The maximum atomic E-state index is 6.88. The maximum absolute atomic E-state index is 6.88. The summed E-state index contributed by atoms with van der Waals surface area (Å²) in [7, 11) is 0. The summed E-state index contributed by atoms with van der Waals surface area (Å²) >= 11 is 0. The quantitative estimate of drug-likeness (QED) is 0.186. The topological polar surface area (TPSA) is 51.8 Å². The number of furan rings is 1. The molecule has 0 unspecified atom stereocenters. The van der Waals surface area contributed by atoms with Gasteiger partial charge < -0.3 is 4.42 Å². The Hall–Kier alpha value is -6.91. The molecule has 0 atom stereocenters. The zero-order chi connectivity index (χ0) is 33.7. The van der Waals surface area contributed by atoms with Crippen LogP contribution in [0.15, 0.2) is 180 Å². The molecule has 10 rings (SSSR count). The fraction of sp³-hybridized carbons (Fsp3) is 0. The van der Waals surface area contributed by atoms with Gasteiger partial charge in [0.1, 0.15) is 11.2 Å². The number of hydrogen-bond acceptors (Lipinski definition) is 4. The predicted molar refractivity (Wildman–Crippen MR) is 209 cm³/mol. The molecular formula is C47H29N3O. The molecule has 2 heterocycles. The minimum atomic E-state index is 0.597. The van der Waals surface area contributed by atoms with Gasteiger partial charge in [0.25, 0.3) is 0 Å². The summed E-state index contributed by atoms with van der Waals surface area (Å²) in [6.07, 6.45) is 0. The molecule has 0 radical (unpaired) electrons. The van der Waals surface area contributed by atoms with Crippen LogP contribution in [0, 0.1) is 0 Å². The van der Waals surface area contributed by atoms with E-state index in [9.17, 15) is 0 Å². The van der Waals surface area contributed by atoms with Crippen LogP contribution in [0.25, 0.3) is 99.9 Å². The summed E-state index contributed by atoms with van der Waals surface area (Å²) in [6, 6.07) is 61.0. The van der Waals surface area contributed by atoms with Crippen LogP contribution in [0.3, 0.4) is 0 Å². The molecule has 10 aromatic rings. The van der Waals surface area contributed by atoms with E-state index >= 15 is 0 Å². The summed E-state index contributed by atoms with van der Waals surface area (Å²) in [5, 5.41) is 6.72. The van der Waals surface area contributed by atoms with E-state index in [-0.39, 0.29) is 0 Å². The molecule has 0 fully saturated rings. The zero-order valence-electron chi connectivity index (χ0n) is 27.5. The number of aromatic nitrogens is 3.